The first kappa shape index (κ1) is 15.6. The summed E-state index contributed by atoms with van der Waals surface area (Å²) >= 11 is 0. The quantitative estimate of drug-likeness (QED) is 0.912. The van der Waals surface area contributed by atoms with Crippen LogP contribution in [0, 0.1) is 0 Å². The molecule has 0 radical (unpaired) electrons. The summed E-state index contributed by atoms with van der Waals surface area (Å²) in [5.74, 6) is 0.969. The fraction of sp³-hybridized carbons (Fsp3) is 0.412. The number of amides is 2. The normalized spacial score (nSPS) is 18.2. The number of likely N-dealkylation sites (tertiary alicyclic amines) is 1. The van der Waals surface area contributed by atoms with Gasteiger partial charge >= 0.3 is 6.03 Å². The van der Waals surface area contributed by atoms with Crippen LogP contribution in [-0.2, 0) is 0 Å². The lowest BCUT2D eigenvalue weighted by Crippen LogP contribution is -2.49. The molecule has 1 aromatic heterocycles. The average molecular weight is 315 g/mol. The fourth-order valence-electron chi connectivity index (χ4n) is 3.00. The van der Waals surface area contributed by atoms with Gasteiger partial charge in [-0.05, 0) is 26.7 Å². The summed E-state index contributed by atoms with van der Waals surface area (Å²) in [6, 6.07) is 10.8. The van der Waals surface area contributed by atoms with Gasteiger partial charge in [-0.3, -0.25) is 5.32 Å². The van der Waals surface area contributed by atoms with E-state index in [0.717, 1.165) is 18.4 Å². The highest BCUT2D eigenvalue weighted by Gasteiger charge is 2.38. The van der Waals surface area contributed by atoms with Gasteiger partial charge in [0.05, 0.1) is 11.6 Å². The Morgan fingerprint density at radius 1 is 1.39 bits per heavy atom. The number of carbonyl (C=O) groups is 1. The zero-order chi connectivity index (χ0) is 16.4. The van der Waals surface area contributed by atoms with Crippen LogP contribution in [-0.4, -0.2) is 39.4 Å². The standard InChI is InChI=1S/C17H21N3O3/c1-17(2,22)14-9-6-10-20(14)16(21)18-15-11-13(23-19-15)12-7-4-3-5-8-12/h3-5,7-8,11,14,22H,6,9-10H2,1-2H3,(H,18,19,21). The highest BCUT2D eigenvalue weighted by molar-refractivity contribution is 5.89. The number of rotatable bonds is 3. The van der Waals surface area contributed by atoms with Crippen molar-refractivity contribution in [2.45, 2.75) is 38.3 Å². The number of nitrogens with one attached hydrogen (secondary N) is 1. The second-order valence-electron chi connectivity index (χ2n) is 6.38. The Morgan fingerprint density at radius 3 is 2.83 bits per heavy atom. The molecular weight excluding hydrogens is 294 g/mol. The number of carbonyl (C=O) groups excluding carboxylic acids is 1. The monoisotopic (exact) mass is 315 g/mol. The van der Waals surface area contributed by atoms with E-state index in [4.69, 9.17) is 4.52 Å². The molecule has 2 aromatic rings. The fourth-order valence-corrected chi connectivity index (χ4v) is 3.00. The van der Waals surface area contributed by atoms with Crippen LogP contribution >= 0.6 is 0 Å². The average Bonchev–Trinajstić information content (AvgIpc) is 3.16. The van der Waals surface area contributed by atoms with E-state index in [0.29, 0.717) is 18.1 Å². The SMILES string of the molecule is CC(C)(O)C1CCCN1C(=O)Nc1cc(-c2ccccc2)on1. The number of anilines is 1. The maximum Gasteiger partial charge on any atom is 0.323 e. The smallest absolute Gasteiger partial charge is 0.323 e. The van der Waals surface area contributed by atoms with Crippen molar-refractivity contribution in [3.8, 4) is 11.3 Å². The van der Waals surface area contributed by atoms with Gasteiger partial charge < -0.3 is 14.5 Å². The van der Waals surface area contributed by atoms with Crippen molar-refractivity contribution in [3.63, 3.8) is 0 Å². The van der Waals surface area contributed by atoms with Crippen molar-refractivity contribution in [3.05, 3.63) is 36.4 Å². The van der Waals surface area contributed by atoms with E-state index in [9.17, 15) is 9.90 Å². The molecule has 0 aliphatic carbocycles. The molecule has 0 saturated carbocycles. The lowest BCUT2D eigenvalue weighted by Gasteiger charge is -2.33. The van der Waals surface area contributed by atoms with Gasteiger partial charge in [0.1, 0.15) is 0 Å². The Balaban J connectivity index is 1.70. The highest BCUT2D eigenvalue weighted by Crippen LogP contribution is 2.28. The number of hydrogen-bond donors (Lipinski definition) is 2. The van der Waals surface area contributed by atoms with E-state index in [-0.39, 0.29) is 12.1 Å². The first-order chi connectivity index (χ1) is 10.9. The second kappa shape index (κ2) is 6.04. The molecule has 1 aliphatic rings. The molecule has 6 heteroatoms. The van der Waals surface area contributed by atoms with E-state index in [1.807, 2.05) is 30.3 Å². The lowest BCUT2D eigenvalue weighted by atomic mass is 9.97. The van der Waals surface area contributed by atoms with Crippen LogP contribution in [0.5, 0.6) is 0 Å². The summed E-state index contributed by atoms with van der Waals surface area (Å²) in [5, 5.41) is 16.8. The van der Waals surface area contributed by atoms with Crippen molar-refractivity contribution < 1.29 is 14.4 Å². The summed E-state index contributed by atoms with van der Waals surface area (Å²) in [6.07, 6.45) is 1.68. The summed E-state index contributed by atoms with van der Waals surface area (Å²) in [7, 11) is 0. The molecule has 2 amide bonds. The predicted octanol–water partition coefficient (Wildman–Crippen LogP) is 3.11. The summed E-state index contributed by atoms with van der Waals surface area (Å²) in [6.45, 7) is 4.09. The molecule has 1 atom stereocenters. The Kier molecular flexibility index (Phi) is 4.09. The van der Waals surface area contributed by atoms with Crippen LogP contribution in [0.25, 0.3) is 11.3 Å². The maximum atomic E-state index is 12.4. The number of hydrogen-bond acceptors (Lipinski definition) is 4. The summed E-state index contributed by atoms with van der Waals surface area (Å²) in [5.41, 5.74) is -0.0246. The Labute approximate surface area is 135 Å². The molecule has 122 valence electrons. The third-order valence-corrected chi connectivity index (χ3v) is 4.13. The lowest BCUT2D eigenvalue weighted by molar-refractivity contribution is 0.0117. The van der Waals surface area contributed by atoms with Gasteiger partial charge in [0, 0.05) is 18.2 Å². The minimum absolute atomic E-state index is 0.192. The van der Waals surface area contributed by atoms with Crippen molar-refractivity contribution in [1.29, 1.82) is 0 Å². The van der Waals surface area contributed by atoms with Crippen LogP contribution in [0.3, 0.4) is 0 Å². The van der Waals surface area contributed by atoms with Crippen LogP contribution in [0.4, 0.5) is 10.6 Å². The van der Waals surface area contributed by atoms with Crippen molar-refractivity contribution >= 4 is 11.8 Å². The van der Waals surface area contributed by atoms with Crippen LogP contribution < -0.4 is 5.32 Å². The zero-order valence-electron chi connectivity index (χ0n) is 13.3. The highest BCUT2D eigenvalue weighted by atomic mass is 16.5. The van der Waals surface area contributed by atoms with Gasteiger partial charge in [-0.25, -0.2) is 4.79 Å². The second-order valence-corrected chi connectivity index (χ2v) is 6.38. The molecule has 6 nitrogen and oxygen atoms in total. The molecule has 1 aromatic carbocycles. The third-order valence-electron chi connectivity index (χ3n) is 4.13. The Bertz CT molecular complexity index is 676. The van der Waals surface area contributed by atoms with Gasteiger partial charge in [0.15, 0.2) is 11.6 Å². The van der Waals surface area contributed by atoms with Gasteiger partial charge in [-0.15, -0.1) is 0 Å². The maximum absolute atomic E-state index is 12.4. The largest absolute Gasteiger partial charge is 0.388 e. The number of aromatic nitrogens is 1. The van der Waals surface area contributed by atoms with Crippen LogP contribution in [0.1, 0.15) is 26.7 Å². The molecule has 1 aliphatic heterocycles. The van der Waals surface area contributed by atoms with Gasteiger partial charge in [-0.2, -0.15) is 0 Å². The molecule has 23 heavy (non-hydrogen) atoms. The first-order valence-electron chi connectivity index (χ1n) is 7.77. The van der Waals surface area contributed by atoms with E-state index in [1.54, 1.807) is 24.8 Å². The van der Waals surface area contributed by atoms with Crippen LogP contribution in [0.15, 0.2) is 40.9 Å². The zero-order valence-corrected chi connectivity index (χ0v) is 13.3. The number of nitrogens with zero attached hydrogens (tertiary/aromatic N) is 2. The minimum Gasteiger partial charge on any atom is -0.388 e. The summed E-state index contributed by atoms with van der Waals surface area (Å²) < 4.78 is 5.28. The van der Waals surface area contributed by atoms with Crippen molar-refractivity contribution in [2.75, 3.05) is 11.9 Å². The van der Waals surface area contributed by atoms with Gasteiger partial charge in [0.25, 0.3) is 0 Å². The molecular formula is C17H21N3O3. The Morgan fingerprint density at radius 2 is 2.13 bits per heavy atom. The molecule has 1 fully saturated rings. The number of urea groups is 1. The number of aliphatic hydroxyl groups is 1. The molecule has 1 unspecified atom stereocenters. The summed E-state index contributed by atoms with van der Waals surface area (Å²) in [4.78, 5) is 14.1. The predicted molar refractivity (Wildman–Crippen MR) is 87.0 cm³/mol. The van der Waals surface area contributed by atoms with Gasteiger partial charge in [0.2, 0.25) is 0 Å². The Hall–Kier alpha value is -2.34. The van der Waals surface area contributed by atoms with E-state index in [2.05, 4.69) is 10.5 Å². The molecule has 0 bridgehead atoms. The van der Waals surface area contributed by atoms with Gasteiger partial charge in [-0.1, -0.05) is 35.5 Å². The molecule has 3 rings (SSSR count). The van der Waals surface area contributed by atoms with Crippen molar-refractivity contribution in [2.24, 2.45) is 0 Å². The first-order valence-corrected chi connectivity index (χ1v) is 7.77. The van der Waals surface area contributed by atoms with E-state index < -0.39 is 5.60 Å². The molecule has 0 spiro atoms. The van der Waals surface area contributed by atoms with Crippen LogP contribution in [0.2, 0.25) is 0 Å². The van der Waals surface area contributed by atoms with E-state index >= 15 is 0 Å². The topological polar surface area (TPSA) is 78.6 Å². The number of benzene rings is 1. The molecule has 1 saturated heterocycles. The third kappa shape index (κ3) is 3.37. The minimum atomic E-state index is -0.924. The van der Waals surface area contributed by atoms with E-state index in [1.165, 1.54) is 0 Å². The van der Waals surface area contributed by atoms with Crippen molar-refractivity contribution in [1.82, 2.24) is 10.1 Å². The molecule has 2 N–H and O–H groups in total. The molecule has 2 heterocycles.